The van der Waals surface area contributed by atoms with Gasteiger partial charge < -0.3 is 15.1 Å². The average molecular weight is 365 g/mol. The third-order valence-electron chi connectivity index (χ3n) is 3.96. The highest BCUT2D eigenvalue weighted by molar-refractivity contribution is 6.36. The maximum Gasteiger partial charge on any atom is 0.317 e. The van der Waals surface area contributed by atoms with E-state index in [4.69, 9.17) is 23.2 Å². The van der Waals surface area contributed by atoms with Crippen LogP contribution in [0, 0.1) is 0 Å². The second-order valence-electron chi connectivity index (χ2n) is 5.55. The molecule has 1 aliphatic heterocycles. The van der Waals surface area contributed by atoms with Crippen LogP contribution in [0.5, 0.6) is 0 Å². The summed E-state index contributed by atoms with van der Waals surface area (Å²) < 4.78 is 0. The molecule has 0 atom stereocenters. The first-order valence-corrected chi connectivity index (χ1v) is 8.52. The number of rotatable bonds is 3. The minimum absolute atomic E-state index is 0.0671. The number of piperazine rings is 1. The molecule has 0 aliphatic carbocycles. The van der Waals surface area contributed by atoms with Gasteiger partial charge in [-0.05, 0) is 30.3 Å². The minimum Gasteiger partial charge on any atom is -0.367 e. The summed E-state index contributed by atoms with van der Waals surface area (Å²) in [5, 5.41) is 4.16. The fourth-order valence-electron chi connectivity index (χ4n) is 2.67. The first-order chi connectivity index (χ1) is 11.6. The van der Waals surface area contributed by atoms with Crippen molar-refractivity contribution < 1.29 is 4.79 Å². The lowest BCUT2D eigenvalue weighted by atomic mass is 10.2. The van der Waals surface area contributed by atoms with Crippen molar-refractivity contribution in [1.29, 1.82) is 0 Å². The summed E-state index contributed by atoms with van der Waals surface area (Å²) in [7, 11) is 0. The Morgan fingerprint density at radius 1 is 1.12 bits per heavy atom. The van der Waals surface area contributed by atoms with Gasteiger partial charge in [-0.15, -0.1) is 0 Å². The number of carbonyl (C=O) groups is 1. The Balaban J connectivity index is 1.52. The summed E-state index contributed by atoms with van der Waals surface area (Å²) in [4.78, 5) is 20.4. The van der Waals surface area contributed by atoms with Crippen LogP contribution in [0.15, 0.2) is 42.6 Å². The molecule has 24 heavy (non-hydrogen) atoms. The molecule has 126 valence electrons. The average Bonchev–Trinajstić information content (AvgIpc) is 2.61. The molecule has 3 rings (SSSR count). The summed E-state index contributed by atoms with van der Waals surface area (Å²) in [5.74, 6) is 0. The predicted octanol–water partition coefficient (Wildman–Crippen LogP) is 3.42. The monoisotopic (exact) mass is 364 g/mol. The van der Waals surface area contributed by atoms with E-state index in [1.807, 2.05) is 35.2 Å². The van der Waals surface area contributed by atoms with Crippen molar-refractivity contribution in [1.82, 2.24) is 15.2 Å². The quantitative estimate of drug-likeness (QED) is 0.907. The zero-order chi connectivity index (χ0) is 16.9. The van der Waals surface area contributed by atoms with E-state index in [1.54, 1.807) is 12.3 Å². The van der Waals surface area contributed by atoms with Gasteiger partial charge >= 0.3 is 6.03 Å². The molecule has 5 nitrogen and oxygen atoms in total. The van der Waals surface area contributed by atoms with E-state index in [9.17, 15) is 4.79 Å². The molecule has 7 heteroatoms. The predicted molar refractivity (Wildman–Crippen MR) is 96.7 cm³/mol. The van der Waals surface area contributed by atoms with Crippen molar-refractivity contribution in [3.63, 3.8) is 0 Å². The van der Waals surface area contributed by atoms with Crippen molar-refractivity contribution in [2.45, 2.75) is 6.54 Å². The third kappa shape index (κ3) is 4.10. The molecule has 2 amide bonds. The summed E-state index contributed by atoms with van der Waals surface area (Å²) >= 11 is 12.2. The molecule has 1 N–H and O–H groups in total. The summed E-state index contributed by atoms with van der Waals surface area (Å²) in [6, 6.07) is 11.1. The van der Waals surface area contributed by atoms with Crippen molar-refractivity contribution in [3.05, 3.63) is 58.3 Å². The van der Waals surface area contributed by atoms with Gasteiger partial charge in [0.15, 0.2) is 0 Å². The Labute approximate surface area is 151 Å². The number of halogens is 2. The van der Waals surface area contributed by atoms with E-state index in [0.29, 0.717) is 29.7 Å². The number of aromatic nitrogens is 1. The van der Waals surface area contributed by atoms with Crippen LogP contribution >= 0.6 is 23.2 Å². The highest BCUT2D eigenvalue weighted by Gasteiger charge is 2.22. The number of nitrogens with zero attached hydrogens (tertiary/aromatic N) is 3. The molecule has 0 unspecified atom stereocenters. The molecule has 1 aromatic heterocycles. The molecule has 0 spiro atoms. The molecule has 2 heterocycles. The summed E-state index contributed by atoms with van der Waals surface area (Å²) in [6.07, 6.45) is 1.72. The standard InChI is InChI=1S/C17H18Cl2N4O/c18-13-4-5-16(15(19)11-13)22-7-9-23(10-8-22)17(24)21-12-14-3-1-2-6-20-14/h1-6,11H,7-10,12H2,(H,21,24). The van der Waals surface area contributed by atoms with E-state index in [0.717, 1.165) is 24.5 Å². The van der Waals surface area contributed by atoms with Gasteiger partial charge in [0.25, 0.3) is 0 Å². The molecule has 1 aromatic carbocycles. The molecule has 1 aliphatic rings. The number of amides is 2. The first kappa shape index (κ1) is 16.9. The first-order valence-electron chi connectivity index (χ1n) is 7.76. The van der Waals surface area contributed by atoms with Crippen LogP contribution < -0.4 is 10.2 Å². The van der Waals surface area contributed by atoms with Gasteiger partial charge in [-0.3, -0.25) is 4.98 Å². The smallest absolute Gasteiger partial charge is 0.317 e. The van der Waals surface area contributed by atoms with Crippen molar-refractivity contribution in [3.8, 4) is 0 Å². The molecular weight excluding hydrogens is 347 g/mol. The van der Waals surface area contributed by atoms with Crippen molar-refractivity contribution >= 4 is 34.9 Å². The topological polar surface area (TPSA) is 48.5 Å². The van der Waals surface area contributed by atoms with E-state index in [-0.39, 0.29) is 6.03 Å². The van der Waals surface area contributed by atoms with Gasteiger partial charge in [-0.25, -0.2) is 4.79 Å². The zero-order valence-corrected chi connectivity index (χ0v) is 14.6. The number of anilines is 1. The molecular formula is C17H18Cl2N4O. The highest BCUT2D eigenvalue weighted by Crippen LogP contribution is 2.29. The Morgan fingerprint density at radius 2 is 1.92 bits per heavy atom. The Bertz CT molecular complexity index is 703. The lowest BCUT2D eigenvalue weighted by Crippen LogP contribution is -2.51. The minimum atomic E-state index is -0.0671. The van der Waals surface area contributed by atoms with Gasteiger partial charge in [0.05, 0.1) is 22.9 Å². The normalized spacial score (nSPS) is 14.6. The second kappa shape index (κ2) is 7.73. The van der Waals surface area contributed by atoms with E-state index in [2.05, 4.69) is 15.2 Å². The van der Waals surface area contributed by atoms with Gasteiger partial charge in [0.2, 0.25) is 0 Å². The van der Waals surface area contributed by atoms with Crippen LogP contribution in [0.25, 0.3) is 0 Å². The maximum atomic E-state index is 12.3. The van der Waals surface area contributed by atoms with Gasteiger partial charge in [-0.1, -0.05) is 29.3 Å². The van der Waals surface area contributed by atoms with Crippen LogP contribution in [0.2, 0.25) is 10.0 Å². The van der Waals surface area contributed by atoms with E-state index >= 15 is 0 Å². The van der Waals surface area contributed by atoms with Crippen LogP contribution in [0.1, 0.15) is 5.69 Å². The van der Waals surface area contributed by atoms with Crippen LogP contribution in [-0.2, 0) is 6.54 Å². The van der Waals surface area contributed by atoms with Gasteiger partial charge in [0.1, 0.15) is 0 Å². The van der Waals surface area contributed by atoms with Crippen molar-refractivity contribution in [2.75, 3.05) is 31.1 Å². The molecule has 0 saturated carbocycles. The van der Waals surface area contributed by atoms with Gasteiger partial charge in [0, 0.05) is 37.4 Å². The number of hydrogen-bond acceptors (Lipinski definition) is 3. The van der Waals surface area contributed by atoms with Crippen LogP contribution in [0.3, 0.4) is 0 Å². The zero-order valence-electron chi connectivity index (χ0n) is 13.1. The van der Waals surface area contributed by atoms with Crippen LogP contribution in [0.4, 0.5) is 10.5 Å². The number of urea groups is 1. The molecule has 1 saturated heterocycles. The Hall–Kier alpha value is -1.98. The Morgan fingerprint density at radius 3 is 2.58 bits per heavy atom. The largest absolute Gasteiger partial charge is 0.367 e. The summed E-state index contributed by atoms with van der Waals surface area (Å²) in [5.41, 5.74) is 1.80. The maximum absolute atomic E-state index is 12.3. The molecule has 1 fully saturated rings. The Kier molecular flexibility index (Phi) is 5.43. The molecule has 0 radical (unpaired) electrons. The third-order valence-corrected chi connectivity index (χ3v) is 4.50. The van der Waals surface area contributed by atoms with Gasteiger partial charge in [-0.2, -0.15) is 0 Å². The number of hydrogen-bond donors (Lipinski definition) is 1. The SMILES string of the molecule is O=C(NCc1ccccn1)N1CCN(c2ccc(Cl)cc2Cl)CC1. The number of nitrogens with one attached hydrogen (secondary N) is 1. The van der Waals surface area contributed by atoms with E-state index in [1.165, 1.54) is 0 Å². The number of benzene rings is 1. The lowest BCUT2D eigenvalue weighted by molar-refractivity contribution is 0.194. The number of pyridine rings is 1. The molecule has 2 aromatic rings. The van der Waals surface area contributed by atoms with E-state index < -0.39 is 0 Å². The second-order valence-corrected chi connectivity index (χ2v) is 6.39. The fraction of sp³-hybridized carbons (Fsp3) is 0.294. The lowest BCUT2D eigenvalue weighted by Gasteiger charge is -2.36. The van der Waals surface area contributed by atoms with Crippen molar-refractivity contribution in [2.24, 2.45) is 0 Å². The van der Waals surface area contributed by atoms with Crippen LogP contribution in [-0.4, -0.2) is 42.1 Å². The fourth-order valence-corrected chi connectivity index (χ4v) is 3.20. The summed E-state index contributed by atoms with van der Waals surface area (Å²) in [6.45, 7) is 3.19. The highest BCUT2D eigenvalue weighted by atomic mass is 35.5. The number of carbonyl (C=O) groups excluding carboxylic acids is 1. The molecule has 0 bridgehead atoms.